The van der Waals surface area contributed by atoms with Gasteiger partial charge in [-0.05, 0) is 38.8 Å². The zero-order valence-corrected chi connectivity index (χ0v) is 12.8. The van der Waals surface area contributed by atoms with Crippen molar-refractivity contribution in [3.05, 3.63) is 41.7 Å². The van der Waals surface area contributed by atoms with Crippen LogP contribution < -0.4 is 5.32 Å². The average Bonchev–Trinajstić information content (AvgIpc) is 2.87. The maximum Gasteiger partial charge on any atom is 0.102 e. The fourth-order valence-corrected chi connectivity index (χ4v) is 2.07. The van der Waals surface area contributed by atoms with Gasteiger partial charge in [0.1, 0.15) is 5.69 Å². The van der Waals surface area contributed by atoms with Crippen molar-refractivity contribution < 1.29 is 0 Å². The molecule has 108 valence electrons. The summed E-state index contributed by atoms with van der Waals surface area (Å²) in [6.45, 7) is 9.27. The van der Waals surface area contributed by atoms with Gasteiger partial charge in [-0.25, -0.2) is 4.68 Å². The van der Waals surface area contributed by atoms with Crippen molar-refractivity contribution >= 4 is 5.69 Å². The highest BCUT2D eigenvalue weighted by Gasteiger charge is 2.14. The molecule has 0 radical (unpaired) electrons. The smallest absolute Gasteiger partial charge is 0.102 e. The molecule has 4 nitrogen and oxygen atoms in total. The SMILES string of the molecule is CCCc1ccccc1NCc1cn(C(C)(C)C)nn1. The Morgan fingerprint density at radius 3 is 2.60 bits per heavy atom. The lowest BCUT2D eigenvalue weighted by Gasteiger charge is -2.17. The van der Waals surface area contributed by atoms with E-state index in [1.54, 1.807) is 0 Å². The van der Waals surface area contributed by atoms with Crippen LogP contribution in [0.3, 0.4) is 0 Å². The Bertz CT molecular complexity index is 552. The Morgan fingerprint density at radius 1 is 1.20 bits per heavy atom. The van der Waals surface area contributed by atoms with Gasteiger partial charge < -0.3 is 5.32 Å². The van der Waals surface area contributed by atoms with Crippen LogP contribution in [0.2, 0.25) is 0 Å². The van der Waals surface area contributed by atoms with Crippen LogP contribution in [-0.2, 0) is 18.5 Å². The van der Waals surface area contributed by atoms with E-state index in [4.69, 9.17) is 0 Å². The van der Waals surface area contributed by atoms with Gasteiger partial charge in [-0.15, -0.1) is 5.10 Å². The lowest BCUT2D eigenvalue weighted by Crippen LogP contribution is -2.22. The van der Waals surface area contributed by atoms with E-state index in [0.29, 0.717) is 6.54 Å². The number of aromatic nitrogens is 3. The maximum absolute atomic E-state index is 4.22. The minimum absolute atomic E-state index is 0.0225. The van der Waals surface area contributed by atoms with E-state index in [9.17, 15) is 0 Å². The lowest BCUT2D eigenvalue weighted by molar-refractivity contribution is 0.347. The predicted octanol–water partition coefficient (Wildman–Crippen LogP) is 3.60. The number of aryl methyl sites for hydroxylation is 1. The Hall–Kier alpha value is -1.84. The Morgan fingerprint density at radius 2 is 1.95 bits per heavy atom. The summed E-state index contributed by atoms with van der Waals surface area (Å²) in [4.78, 5) is 0. The molecule has 1 heterocycles. The number of rotatable bonds is 5. The lowest BCUT2D eigenvalue weighted by atomic mass is 10.1. The van der Waals surface area contributed by atoms with Gasteiger partial charge in [-0.3, -0.25) is 0 Å². The molecule has 2 rings (SSSR count). The predicted molar refractivity (Wildman–Crippen MR) is 82.8 cm³/mol. The largest absolute Gasteiger partial charge is 0.379 e. The van der Waals surface area contributed by atoms with Crippen LogP contribution >= 0.6 is 0 Å². The topological polar surface area (TPSA) is 42.7 Å². The Balaban J connectivity index is 2.04. The number of anilines is 1. The zero-order valence-electron chi connectivity index (χ0n) is 12.8. The van der Waals surface area contributed by atoms with Gasteiger partial charge in [-0.1, -0.05) is 36.8 Å². The van der Waals surface area contributed by atoms with Gasteiger partial charge in [0.15, 0.2) is 0 Å². The van der Waals surface area contributed by atoms with Gasteiger partial charge in [0, 0.05) is 5.69 Å². The second-order valence-corrected chi connectivity index (χ2v) is 6.09. The van der Waals surface area contributed by atoms with Crippen molar-refractivity contribution in [2.24, 2.45) is 0 Å². The Labute approximate surface area is 121 Å². The van der Waals surface area contributed by atoms with Crippen molar-refractivity contribution in [2.45, 2.75) is 52.6 Å². The molecule has 1 aromatic heterocycles. The summed E-state index contributed by atoms with van der Waals surface area (Å²) in [5.74, 6) is 0. The fourth-order valence-electron chi connectivity index (χ4n) is 2.07. The molecule has 0 aliphatic rings. The van der Waals surface area contributed by atoms with E-state index in [1.807, 2.05) is 10.9 Å². The third-order valence-corrected chi connectivity index (χ3v) is 3.22. The average molecular weight is 272 g/mol. The van der Waals surface area contributed by atoms with Crippen LogP contribution in [0.15, 0.2) is 30.5 Å². The highest BCUT2D eigenvalue weighted by molar-refractivity contribution is 5.51. The van der Waals surface area contributed by atoms with E-state index in [-0.39, 0.29) is 5.54 Å². The van der Waals surface area contributed by atoms with Crippen molar-refractivity contribution in [1.29, 1.82) is 0 Å². The van der Waals surface area contributed by atoms with Crippen molar-refractivity contribution in [2.75, 3.05) is 5.32 Å². The first-order valence-electron chi connectivity index (χ1n) is 7.24. The van der Waals surface area contributed by atoms with E-state index < -0.39 is 0 Å². The number of hydrogen-bond acceptors (Lipinski definition) is 3. The van der Waals surface area contributed by atoms with Crippen LogP contribution in [0.5, 0.6) is 0 Å². The highest BCUT2D eigenvalue weighted by atomic mass is 15.4. The first kappa shape index (κ1) is 14.6. The molecule has 0 aliphatic heterocycles. The van der Waals surface area contributed by atoms with Crippen molar-refractivity contribution in [3.63, 3.8) is 0 Å². The third-order valence-electron chi connectivity index (χ3n) is 3.22. The molecule has 0 bridgehead atoms. The molecule has 0 saturated carbocycles. The monoisotopic (exact) mass is 272 g/mol. The molecule has 20 heavy (non-hydrogen) atoms. The summed E-state index contributed by atoms with van der Waals surface area (Å²) >= 11 is 0. The summed E-state index contributed by atoms with van der Waals surface area (Å²) in [6, 6.07) is 8.45. The fraction of sp³-hybridized carbons (Fsp3) is 0.500. The van der Waals surface area contributed by atoms with Crippen LogP contribution in [0.4, 0.5) is 5.69 Å². The molecule has 0 atom stereocenters. The summed E-state index contributed by atoms with van der Waals surface area (Å²) in [5.41, 5.74) is 3.50. The molecular weight excluding hydrogens is 248 g/mol. The molecule has 2 aromatic rings. The Kier molecular flexibility index (Phi) is 4.42. The van der Waals surface area contributed by atoms with Crippen LogP contribution in [0.25, 0.3) is 0 Å². The summed E-state index contributed by atoms with van der Waals surface area (Å²) in [7, 11) is 0. The van der Waals surface area contributed by atoms with Crippen LogP contribution in [-0.4, -0.2) is 15.0 Å². The number of nitrogens with zero attached hydrogens (tertiary/aromatic N) is 3. The van der Waals surface area contributed by atoms with E-state index >= 15 is 0 Å². The number of para-hydroxylation sites is 1. The quantitative estimate of drug-likeness (QED) is 0.904. The second-order valence-electron chi connectivity index (χ2n) is 6.09. The normalized spacial score (nSPS) is 11.6. The van der Waals surface area contributed by atoms with Gasteiger partial charge in [0.05, 0.1) is 18.3 Å². The minimum atomic E-state index is -0.0225. The molecule has 0 aliphatic carbocycles. The van der Waals surface area contributed by atoms with E-state index in [0.717, 1.165) is 18.5 Å². The molecule has 1 aromatic carbocycles. The maximum atomic E-state index is 4.22. The summed E-state index contributed by atoms with van der Waals surface area (Å²) in [5, 5.41) is 11.9. The van der Waals surface area contributed by atoms with Gasteiger partial charge in [0.2, 0.25) is 0 Å². The van der Waals surface area contributed by atoms with Gasteiger partial charge >= 0.3 is 0 Å². The molecule has 4 heteroatoms. The van der Waals surface area contributed by atoms with Crippen LogP contribution in [0, 0.1) is 0 Å². The summed E-state index contributed by atoms with van der Waals surface area (Å²) < 4.78 is 1.90. The molecular formula is C16H24N4. The minimum Gasteiger partial charge on any atom is -0.379 e. The molecule has 0 spiro atoms. The molecule has 0 saturated heterocycles. The second kappa shape index (κ2) is 6.07. The standard InChI is InChI=1S/C16H24N4/c1-5-8-13-9-6-7-10-15(13)17-11-14-12-20(19-18-14)16(2,3)4/h6-7,9-10,12,17H,5,8,11H2,1-4H3. The zero-order chi connectivity index (χ0) is 14.6. The molecule has 1 N–H and O–H groups in total. The van der Waals surface area contributed by atoms with Gasteiger partial charge in [-0.2, -0.15) is 0 Å². The van der Waals surface area contributed by atoms with Gasteiger partial charge in [0.25, 0.3) is 0 Å². The number of benzene rings is 1. The molecule has 0 unspecified atom stereocenters. The first-order chi connectivity index (χ1) is 9.50. The molecule has 0 amide bonds. The van der Waals surface area contributed by atoms with Crippen molar-refractivity contribution in [1.82, 2.24) is 15.0 Å². The number of nitrogens with one attached hydrogen (secondary N) is 1. The first-order valence-corrected chi connectivity index (χ1v) is 7.24. The highest BCUT2D eigenvalue weighted by Crippen LogP contribution is 2.18. The third kappa shape index (κ3) is 3.59. The summed E-state index contributed by atoms with van der Waals surface area (Å²) in [6.07, 6.45) is 4.26. The van der Waals surface area contributed by atoms with E-state index in [2.05, 4.69) is 67.6 Å². The number of hydrogen-bond donors (Lipinski definition) is 1. The van der Waals surface area contributed by atoms with E-state index in [1.165, 1.54) is 11.3 Å². The van der Waals surface area contributed by atoms with Crippen molar-refractivity contribution in [3.8, 4) is 0 Å². The van der Waals surface area contributed by atoms with Crippen LogP contribution in [0.1, 0.15) is 45.4 Å². The molecule has 0 fully saturated rings.